The van der Waals surface area contributed by atoms with Gasteiger partial charge in [0.15, 0.2) is 0 Å². The van der Waals surface area contributed by atoms with Gasteiger partial charge in [-0.1, -0.05) is 19.4 Å². The molecule has 0 saturated carbocycles. The molecule has 1 heterocycles. The minimum atomic E-state index is -4.47. The quantitative estimate of drug-likeness (QED) is 0.828. The molecule has 0 spiro atoms. The second-order valence-electron chi connectivity index (χ2n) is 5.97. The molecule has 0 fully saturated rings. The molecule has 1 aromatic heterocycles. The van der Waals surface area contributed by atoms with Crippen LogP contribution in [-0.4, -0.2) is 29.5 Å². The number of benzene rings is 1. The van der Waals surface area contributed by atoms with E-state index >= 15 is 0 Å². The zero-order chi connectivity index (χ0) is 19.3. The third-order valence-electron chi connectivity index (χ3n) is 3.74. The summed E-state index contributed by atoms with van der Waals surface area (Å²) < 4.78 is 38.4. The van der Waals surface area contributed by atoms with Crippen molar-refractivity contribution in [1.82, 2.24) is 9.97 Å². The molecule has 140 valence electrons. The lowest BCUT2D eigenvalue weighted by Gasteiger charge is -2.18. The lowest BCUT2D eigenvalue weighted by molar-refractivity contribution is -0.137. The number of rotatable bonds is 6. The van der Waals surface area contributed by atoms with E-state index in [0.29, 0.717) is 11.6 Å². The van der Waals surface area contributed by atoms with Gasteiger partial charge in [0.25, 0.3) is 5.91 Å². The maximum absolute atomic E-state index is 12.8. The van der Waals surface area contributed by atoms with Gasteiger partial charge in [-0.2, -0.15) is 13.2 Å². The van der Waals surface area contributed by atoms with Crippen molar-refractivity contribution >= 4 is 17.4 Å². The fraction of sp³-hybridized carbons (Fsp3) is 0.389. The number of hydrogen-bond acceptors (Lipinski definition) is 4. The first-order valence-electron chi connectivity index (χ1n) is 8.26. The van der Waals surface area contributed by atoms with Crippen LogP contribution >= 0.6 is 0 Å². The molecular weight excluding hydrogens is 345 g/mol. The van der Waals surface area contributed by atoms with E-state index in [1.165, 1.54) is 18.2 Å². The molecular formula is C18H21F3N4O. The van der Waals surface area contributed by atoms with Gasteiger partial charge in [-0.3, -0.25) is 4.79 Å². The molecule has 0 bridgehead atoms. The first-order valence-corrected chi connectivity index (χ1v) is 8.26. The van der Waals surface area contributed by atoms with Crippen LogP contribution in [0.4, 0.5) is 24.7 Å². The number of aryl methyl sites for hydroxylation is 1. The molecule has 0 aliphatic heterocycles. The first kappa shape index (κ1) is 19.7. The number of alkyl halides is 3. The third-order valence-corrected chi connectivity index (χ3v) is 3.74. The van der Waals surface area contributed by atoms with Crippen molar-refractivity contribution in [3.8, 4) is 0 Å². The summed E-state index contributed by atoms with van der Waals surface area (Å²) in [6, 6.07) is 6.01. The van der Waals surface area contributed by atoms with Crippen molar-refractivity contribution in [2.45, 2.75) is 32.9 Å². The van der Waals surface area contributed by atoms with Crippen LogP contribution in [0.2, 0.25) is 0 Å². The van der Waals surface area contributed by atoms with Crippen molar-refractivity contribution in [2.24, 2.45) is 0 Å². The molecule has 0 saturated heterocycles. The number of hydrogen-bond donors (Lipinski definition) is 1. The number of unbranched alkanes of at least 4 members (excludes halogenated alkanes) is 1. The van der Waals surface area contributed by atoms with Gasteiger partial charge < -0.3 is 10.2 Å². The second kappa shape index (κ2) is 8.16. The van der Waals surface area contributed by atoms with Gasteiger partial charge in [0.2, 0.25) is 0 Å². The van der Waals surface area contributed by atoms with Crippen molar-refractivity contribution in [2.75, 3.05) is 23.8 Å². The van der Waals surface area contributed by atoms with Gasteiger partial charge in [-0.15, -0.1) is 0 Å². The van der Waals surface area contributed by atoms with Crippen LogP contribution in [0.1, 0.15) is 41.6 Å². The summed E-state index contributed by atoms with van der Waals surface area (Å²) in [5.41, 5.74) is -0.663. The lowest BCUT2D eigenvalue weighted by atomic mass is 10.2. The number of aromatic nitrogens is 2. The van der Waals surface area contributed by atoms with E-state index in [2.05, 4.69) is 22.2 Å². The van der Waals surface area contributed by atoms with Crippen LogP contribution in [-0.2, 0) is 6.18 Å². The fourth-order valence-electron chi connectivity index (χ4n) is 2.34. The predicted molar refractivity (Wildman–Crippen MR) is 94.3 cm³/mol. The van der Waals surface area contributed by atoms with Crippen molar-refractivity contribution < 1.29 is 18.0 Å². The van der Waals surface area contributed by atoms with E-state index in [4.69, 9.17) is 0 Å². The Morgan fingerprint density at radius 1 is 1.23 bits per heavy atom. The summed E-state index contributed by atoms with van der Waals surface area (Å²) in [7, 11) is 1.87. The molecule has 5 nitrogen and oxygen atoms in total. The molecule has 1 aromatic carbocycles. The summed E-state index contributed by atoms with van der Waals surface area (Å²) in [6.07, 6.45) is -2.47. The van der Waals surface area contributed by atoms with E-state index in [-0.39, 0.29) is 11.4 Å². The second-order valence-corrected chi connectivity index (χ2v) is 5.97. The molecule has 1 amide bonds. The van der Waals surface area contributed by atoms with E-state index < -0.39 is 17.6 Å². The maximum atomic E-state index is 12.8. The first-order chi connectivity index (χ1) is 12.2. The van der Waals surface area contributed by atoms with Gasteiger partial charge >= 0.3 is 6.18 Å². The molecule has 0 radical (unpaired) electrons. The monoisotopic (exact) mass is 366 g/mol. The standard InChI is InChI=1S/C18H21F3N4O/c1-4-5-9-25(3)16-11-15(22-12(2)23-16)17(26)24-14-8-6-7-13(10-14)18(19,20)21/h6-8,10-11H,4-5,9H2,1-3H3,(H,24,26). The number of halogens is 3. The van der Waals surface area contributed by atoms with Gasteiger partial charge in [0.1, 0.15) is 17.3 Å². The molecule has 0 unspecified atom stereocenters. The van der Waals surface area contributed by atoms with Crippen LogP contribution < -0.4 is 10.2 Å². The fourth-order valence-corrected chi connectivity index (χ4v) is 2.34. The van der Waals surface area contributed by atoms with Crippen LogP contribution in [0.5, 0.6) is 0 Å². The zero-order valence-corrected chi connectivity index (χ0v) is 14.9. The molecule has 8 heteroatoms. The third kappa shape index (κ3) is 5.18. The summed E-state index contributed by atoms with van der Waals surface area (Å²) in [5.74, 6) is 0.431. The van der Waals surface area contributed by atoms with E-state index in [9.17, 15) is 18.0 Å². The Balaban J connectivity index is 2.21. The van der Waals surface area contributed by atoms with Crippen molar-refractivity contribution in [1.29, 1.82) is 0 Å². The highest BCUT2D eigenvalue weighted by molar-refractivity contribution is 6.03. The average Bonchev–Trinajstić information content (AvgIpc) is 2.58. The van der Waals surface area contributed by atoms with Crippen LogP contribution in [0.3, 0.4) is 0 Å². The normalized spacial score (nSPS) is 11.3. The van der Waals surface area contributed by atoms with E-state index in [1.807, 2.05) is 11.9 Å². The highest BCUT2D eigenvalue weighted by Gasteiger charge is 2.30. The Labute approximate surface area is 150 Å². The van der Waals surface area contributed by atoms with Gasteiger partial charge in [-0.05, 0) is 31.5 Å². The number of anilines is 2. The van der Waals surface area contributed by atoms with E-state index in [0.717, 1.165) is 31.5 Å². The average molecular weight is 366 g/mol. The van der Waals surface area contributed by atoms with E-state index in [1.54, 1.807) is 6.92 Å². The van der Waals surface area contributed by atoms with Gasteiger partial charge in [0.05, 0.1) is 5.56 Å². The summed E-state index contributed by atoms with van der Waals surface area (Å²) in [6.45, 7) is 4.52. The minimum absolute atomic E-state index is 0.0574. The summed E-state index contributed by atoms with van der Waals surface area (Å²) in [5, 5.41) is 2.46. The molecule has 0 aliphatic carbocycles. The van der Waals surface area contributed by atoms with Crippen molar-refractivity contribution in [3.63, 3.8) is 0 Å². The smallest absolute Gasteiger partial charge is 0.360 e. The maximum Gasteiger partial charge on any atom is 0.416 e. The minimum Gasteiger partial charge on any atom is -0.360 e. The molecule has 26 heavy (non-hydrogen) atoms. The van der Waals surface area contributed by atoms with Gasteiger partial charge in [0, 0.05) is 25.3 Å². The van der Waals surface area contributed by atoms with Crippen molar-refractivity contribution in [3.05, 3.63) is 47.4 Å². The summed E-state index contributed by atoms with van der Waals surface area (Å²) in [4.78, 5) is 22.7. The topological polar surface area (TPSA) is 58.1 Å². The number of carbonyl (C=O) groups is 1. The summed E-state index contributed by atoms with van der Waals surface area (Å²) >= 11 is 0. The molecule has 1 N–H and O–H groups in total. The van der Waals surface area contributed by atoms with Crippen LogP contribution in [0.25, 0.3) is 0 Å². The Morgan fingerprint density at radius 3 is 2.62 bits per heavy atom. The Bertz CT molecular complexity index is 777. The SMILES string of the molecule is CCCCN(C)c1cc(C(=O)Nc2cccc(C(F)(F)F)c2)nc(C)n1. The molecule has 0 atom stereocenters. The largest absolute Gasteiger partial charge is 0.416 e. The number of carbonyl (C=O) groups excluding carboxylic acids is 1. The zero-order valence-electron chi connectivity index (χ0n) is 14.9. The molecule has 2 rings (SSSR count). The number of amides is 1. The van der Waals surface area contributed by atoms with Crippen LogP contribution in [0.15, 0.2) is 30.3 Å². The molecule has 2 aromatic rings. The number of nitrogens with zero attached hydrogens (tertiary/aromatic N) is 3. The van der Waals surface area contributed by atoms with Gasteiger partial charge in [-0.25, -0.2) is 9.97 Å². The highest BCUT2D eigenvalue weighted by atomic mass is 19.4. The van der Waals surface area contributed by atoms with Crippen LogP contribution in [0, 0.1) is 6.92 Å². The highest BCUT2D eigenvalue weighted by Crippen LogP contribution is 2.30. The number of nitrogens with one attached hydrogen (secondary N) is 1. The Hall–Kier alpha value is -2.64. The Kier molecular flexibility index (Phi) is 6.18. The predicted octanol–water partition coefficient (Wildman–Crippen LogP) is 4.29. The molecule has 0 aliphatic rings. The Morgan fingerprint density at radius 2 is 1.96 bits per heavy atom. The lowest BCUT2D eigenvalue weighted by Crippen LogP contribution is -2.22.